The maximum atomic E-state index is 12.5. The number of rotatable bonds is 7. The van der Waals surface area contributed by atoms with Gasteiger partial charge in [-0.1, -0.05) is 36.4 Å². The summed E-state index contributed by atoms with van der Waals surface area (Å²) in [6, 6.07) is 17.7. The first-order valence-corrected chi connectivity index (χ1v) is 9.02. The van der Waals surface area contributed by atoms with Gasteiger partial charge in [0.25, 0.3) is 23.2 Å². The quantitative estimate of drug-likeness (QED) is 0.440. The van der Waals surface area contributed by atoms with Crippen LogP contribution in [0.25, 0.3) is 0 Å². The van der Waals surface area contributed by atoms with E-state index in [0.29, 0.717) is 11.3 Å². The minimum Gasteiger partial charge on any atom is -0.348 e. The van der Waals surface area contributed by atoms with Gasteiger partial charge in [-0.2, -0.15) is 0 Å². The number of nitro benzene ring substituents is 2. The number of hydrogen-bond donors (Lipinski definition) is 2. The van der Waals surface area contributed by atoms with E-state index in [1.54, 1.807) is 24.3 Å². The fourth-order valence-electron chi connectivity index (χ4n) is 2.88. The molecule has 156 valence electrons. The standard InChI is InChI=1S/C21H16N4O6/c26-20(16-8-1-3-10-18(16)24(28)29)22-13-14-6-5-7-15(12-14)23-21(27)17-9-2-4-11-19(17)25(30)31/h1-12H,13H2,(H,22,26)(H,23,27). The molecule has 0 aliphatic heterocycles. The van der Waals surface area contributed by atoms with Gasteiger partial charge in [-0.05, 0) is 29.8 Å². The Balaban J connectivity index is 1.70. The highest BCUT2D eigenvalue weighted by Crippen LogP contribution is 2.20. The van der Waals surface area contributed by atoms with Crippen molar-refractivity contribution in [2.45, 2.75) is 6.54 Å². The third-order valence-electron chi connectivity index (χ3n) is 4.33. The van der Waals surface area contributed by atoms with Crippen molar-refractivity contribution in [3.05, 3.63) is 110 Å². The molecule has 31 heavy (non-hydrogen) atoms. The minimum absolute atomic E-state index is 0.0556. The zero-order valence-electron chi connectivity index (χ0n) is 16.0. The molecule has 0 aromatic heterocycles. The fraction of sp³-hybridized carbons (Fsp3) is 0.0476. The van der Waals surface area contributed by atoms with Crippen LogP contribution < -0.4 is 10.6 Å². The van der Waals surface area contributed by atoms with Crippen LogP contribution in [0.1, 0.15) is 26.3 Å². The third-order valence-corrected chi connectivity index (χ3v) is 4.33. The molecule has 2 amide bonds. The van der Waals surface area contributed by atoms with Gasteiger partial charge >= 0.3 is 0 Å². The monoisotopic (exact) mass is 420 g/mol. The SMILES string of the molecule is O=C(NCc1cccc(NC(=O)c2ccccc2[N+](=O)[O-])c1)c1ccccc1[N+](=O)[O-]. The molecule has 0 saturated heterocycles. The highest BCUT2D eigenvalue weighted by Gasteiger charge is 2.20. The lowest BCUT2D eigenvalue weighted by atomic mass is 10.1. The minimum atomic E-state index is -0.645. The highest BCUT2D eigenvalue weighted by molar-refractivity contribution is 6.07. The summed E-state index contributed by atoms with van der Waals surface area (Å²) in [6.07, 6.45) is 0. The van der Waals surface area contributed by atoms with Gasteiger partial charge in [0, 0.05) is 24.4 Å². The lowest BCUT2D eigenvalue weighted by Gasteiger charge is -2.09. The van der Waals surface area contributed by atoms with Crippen molar-refractivity contribution in [2.75, 3.05) is 5.32 Å². The Morgan fingerprint density at radius 1 is 0.742 bits per heavy atom. The first-order valence-electron chi connectivity index (χ1n) is 9.02. The Hall–Kier alpha value is -4.60. The summed E-state index contributed by atoms with van der Waals surface area (Å²) in [4.78, 5) is 45.7. The van der Waals surface area contributed by atoms with E-state index in [2.05, 4.69) is 10.6 Å². The molecule has 0 atom stereocenters. The number of hydrogen-bond acceptors (Lipinski definition) is 6. The number of nitro groups is 2. The molecule has 0 aliphatic rings. The topological polar surface area (TPSA) is 144 Å². The van der Waals surface area contributed by atoms with Crippen LogP contribution >= 0.6 is 0 Å². The summed E-state index contributed by atoms with van der Waals surface area (Å²) >= 11 is 0. The molecule has 0 aliphatic carbocycles. The molecule has 0 fully saturated rings. The van der Waals surface area contributed by atoms with Gasteiger partial charge in [0.2, 0.25) is 0 Å². The van der Waals surface area contributed by atoms with Gasteiger partial charge in [-0.15, -0.1) is 0 Å². The molecule has 10 nitrogen and oxygen atoms in total. The van der Waals surface area contributed by atoms with Crippen molar-refractivity contribution in [1.82, 2.24) is 5.32 Å². The maximum absolute atomic E-state index is 12.5. The van der Waals surface area contributed by atoms with Gasteiger partial charge < -0.3 is 10.6 Å². The second-order valence-electron chi connectivity index (χ2n) is 6.39. The molecule has 10 heteroatoms. The lowest BCUT2D eigenvalue weighted by Crippen LogP contribution is -2.23. The average molecular weight is 420 g/mol. The van der Waals surface area contributed by atoms with E-state index < -0.39 is 21.7 Å². The fourth-order valence-corrected chi connectivity index (χ4v) is 2.88. The number of amides is 2. The van der Waals surface area contributed by atoms with Gasteiger partial charge in [-0.3, -0.25) is 29.8 Å². The molecule has 3 aromatic carbocycles. The number of para-hydroxylation sites is 2. The molecule has 3 aromatic rings. The summed E-state index contributed by atoms with van der Waals surface area (Å²) < 4.78 is 0. The van der Waals surface area contributed by atoms with Crippen LogP contribution in [-0.4, -0.2) is 21.7 Å². The summed E-state index contributed by atoms with van der Waals surface area (Å²) in [7, 11) is 0. The Morgan fingerprint density at radius 2 is 1.29 bits per heavy atom. The zero-order chi connectivity index (χ0) is 22.4. The zero-order valence-corrected chi connectivity index (χ0v) is 16.0. The van der Waals surface area contributed by atoms with Crippen molar-refractivity contribution in [1.29, 1.82) is 0 Å². The van der Waals surface area contributed by atoms with Crippen molar-refractivity contribution < 1.29 is 19.4 Å². The highest BCUT2D eigenvalue weighted by atomic mass is 16.6. The molecule has 0 saturated carbocycles. The lowest BCUT2D eigenvalue weighted by molar-refractivity contribution is -0.385. The molecular formula is C21H16N4O6. The van der Waals surface area contributed by atoms with E-state index in [1.807, 2.05) is 0 Å². The number of carbonyl (C=O) groups excluding carboxylic acids is 2. The van der Waals surface area contributed by atoms with E-state index >= 15 is 0 Å². The van der Waals surface area contributed by atoms with Gasteiger partial charge in [0.15, 0.2) is 0 Å². The number of benzene rings is 3. The first kappa shape index (κ1) is 21.1. The number of nitrogens with zero attached hydrogens (tertiary/aromatic N) is 2. The van der Waals surface area contributed by atoms with Crippen LogP contribution in [0.2, 0.25) is 0 Å². The molecule has 0 unspecified atom stereocenters. The molecule has 2 N–H and O–H groups in total. The molecule has 0 bridgehead atoms. The number of nitrogens with one attached hydrogen (secondary N) is 2. The van der Waals surface area contributed by atoms with E-state index in [9.17, 15) is 29.8 Å². The Morgan fingerprint density at radius 3 is 1.87 bits per heavy atom. The van der Waals surface area contributed by atoms with Crippen LogP contribution in [0.3, 0.4) is 0 Å². The van der Waals surface area contributed by atoms with Crippen LogP contribution in [-0.2, 0) is 6.54 Å². The van der Waals surface area contributed by atoms with E-state index in [-0.39, 0.29) is 29.0 Å². The number of anilines is 1. The summed E-state index contributed by atoms with van der Waals surface area (Å²) in [6.45, 7) is 0.0556. The van der Waals surface area contributed by atoms with Crippen LogP contribution in [0, 0.1) is 20.2 Å². The van der Waals surface area contributed by atoms with Crippen LogP contribution in [0.15, 0.2) is 72.8 Å². The normalized spacial score (nSPS) is 10.2. The van der Waals surface area contributed by atoms with Gasteiger partial charge in [-0.25, -0.2) is 0 Å². The molecular weight excluding hydrogens is 404 g/mol. The molecule has 0 radical (unpaired) electrons. The molecule has 0 spiro atoms. The van der Waals surface area contributed by atoms with E-state index in [4.69, 9.17) is 0 Å². The largest absolute Gasteiger partial charge is 0.348 e. The number of carbonyl (C=O) groups is 2. The third kappa shape index (κ3) is 5.07. The van der Waals surface area contributed by atoms with Crippen molar-refractivity contribution in [3.8, 4) is 0 Å². The van der Waals surface area contributed by atoms with Gasteiger partial charge in [0.05, 0.1) is 9.85 Å². The van der Waals surface area contributed by atoms with Gasteiger partial charge in [0.1, 0.15) is 11.1 Å². The predicted octanol–water partition coefficient (Wildman–Crippen LogP) is 3.69. The van der Waals surface area contributed by atoms with Crippen LogP contribution in [0.4, 0.5) is 17.1 Å². The predicted molar refractivity (Wildman–Crippen MR) is 112 cm³/mol. The van der Waals surface area contributed by atoms with Crippen molar-refractivity contribution in [3.63, 3.8) is 0 Å². The Kier molecular flexibility index (Phi) is 6.31. The molecule has 0 heterocycles. The van der Waals surface area contributed by atoms with Crippen molar-refractivity contribution in [2.24, 2.45) is 0 Å². The first-order chi connectivity index (χ1) is 14.9. The maximum Gasteiger partial charge on any atom is 0.282 e. The average Bonchev–Trinajstić information content (AvgIpc) is 2.77. The van der Waals surface area contributed by atoms with E-state index in [0.717, 1.165) is 0 Å². The second-order valence-corrected chi connectivity index (χ2v) is 6.39. The smallest absolute Gasteiger partial charge is 0.282 e. The van der Waals surface area contributed by atoms with E-state index in [1.165, 1.54) is 48.5 Å². The Labute approximate surface area is 175 Å². The van der Waals surface area contributed by atoms with Crippen LogP contribution in [0.5, 0.6) is 0 Å². The molecule has 3 rings (SSSR count). The second kappa shape index (κ2) is 9.27. The Bertz CT molecular complexity index is 1180. The summed E-state index contributed by atoms with van der Waals surface area (Å²) in [5.74, 6) is -1.25. The summed E-state index contributed by atoms with van der Waals surface area (Å²) in [5, 5.41) is 27.4. The summed E-state index contributed by atoms with van der Waals surface area (Å²) in [5.41, 5.74) is 0.238. The van der Waals surface area contributed by atoms with Crippen molar-refractivity contribution >= 4 is 28.9 Å².